The molecule has 22 heavy (non-hydrogen) atoms. The molecule has 0 unspecified atom stereocenters. The summed E-state index contributed by atoms with van der Waals surface area (Å²) in [6.45, 7) is 3.47. The number of hydrogen-bond acceptors (Lipinski definition) is 3. The molecule has 1 aliphatic rings. The minimum atomic E-state index is 0.0604. The van der Waals surface area contributed by atoms with Gasteiger partial charge in [-0.15, -0.1) is 11.3 Å². The molecule has 5 heteroatoms. The van der Waals surface area contributed by atoms with Crippen LogP contribution in [-0.2, 0) is 4.79 Å². The Kier molecular flexibility index (Phi) is 4.96. The van der Waals surface area contributed by atoms with Crippen LogP contribution in [0.4, 0.5) is 5.69 Å². The zero-order chi connectivity index (χ0) is 15.5. The highest BCUT2D eigenvalue weighted by Gasteiger charge is 2.28. The quantitative estimate of drug-likeness (QED) is 0.843. The molecule has 0 spiro atoms. The number of amides is 1. The molecule has 116 valence electrons. The Morgan fingerprint density at radius 1 is 1.45 bits per heavy atom. The minimum Gasteiger partial charge on any atom is -0.325 e. The molecular formula is C17H19BrN2OS. The average Bonchev–Trinajstić information content (AvgIpc) is 3.13. The minimum absolute atomic E-state index is 0.0604. The molecule has 3 rings (SSSR count). The standard InChI is InChI=1S/C17H19BrN2OS/c1-12-10-13(6-7-14(12)18)19-17(21)11-20-8-2-4-15(20)16-5-3-9-22-16/h3,5-7,9-10,15H,2,4,8,11H2,1H3,(H,19,21)/t15-/m0/s1. The molecule has 0 radical (unpaired) electrons. The largest absolute Gasteiger partial charge is 0.325 e. The van der Waals surface area contributed by atoms with Gasteiger partial charge in [-0.3, -0.25) is 9.69 Å². The second-order valence-corrected chi connectivity index (χ2v) is 7.49. The number of halogens is 1. The van der Waals surface area contributed by atoms with E-state index in [-0.39, 0.29) is 5.91 Å². The van der Waals surface area contributed by atoms with Crippen molar-refractivity contribution >= 4 is 38.9 Å². The first kappa shape index (κ1) is 15.7. The molecule has 2 aromatic rings. The second-order valence-electron chi connectivity index (χ2n) is 5.66. The summed E-state index contributed by atoms with van der Waals surface area (Å²) in [5.74, 6) is 0.0604. The summed E-state index contributed by atoms with van der Waals surface area (Å²) in [5, 5.41) is 5.11. The maximum Gasteiger partial charge on any atom is 0.238 e. The Bertz CT molecular complexity index is 657. The van der Waals surface area contributed by atoms with Gasteiger partial charge in [-0.25, -0.2) is 0 Å². The van der Waals surface area contributed by atoms with Crippen LogP contribution >= 0.6 is 27.3 Å². The number of likely N-dealkylation sites (tertiary alicyclic amines) is 1. The van der Waals surface area contributed by atoms with E-state index in [2.05, 4.69) is 43.7 Å². The van der Waals surface area contributed by atoms with Gasteiger partial charge in [0.05, 0.1) is 6.54 Å². The van der Waals surface area contributed by atoms with Gasteiger partial charge < -0.3 is 5.32 Å². The third-order valence-electron chi connectivity index (χ3n) is 4.02. The van der Waals surface area contributed by atoms with Gasteiger partial charge in [0, 0.05) is 21.1 Å². The Morgan fingerprint density at radius 2 is 2.32 bits per heavy atom. The Balaban J connectivity index is 1.62. The second kappa shape index (κ2) is 6.94. The normalized spacial score (nSPS) is 18.5. The molecule has 1 N–H and O–H groups in total. The van der Waals surface area contributed by atoms with Crippen LogP contribution in [0.5, 0.6) is 0 Å². The molecule has 3 nitrogen and oxygen atoms in total. The van der Waals surface area contributed by atoms with Crippen molar-refractivity contribution in [1.82, 2.24) is 4.90 Å². The summed E-state index contributed by atoms with van der Waals surface area (Å²) in [7, 11) is 0. The van der Waals surface area contributed by atoms with Crippen molar-refractivity contribution in [3.05, 3.63) is 50.6 Å². The lowest BCUT2D eigenvalue weighted by molar-refractivity contribution is -0.117. The molecular weight excluding hydrogens is 360 g/mol. The number of benzene rings is 1. The highest BCUT2D eigenvalue weighted by molar-refractivity contribution is 9.10. The topological polar surface area (TPSA) is 32.3 Å². The number of carbonyl (C=O) groups is 1. The smallest absolute Gasteiger partial charge is 0.238 e. The number of aryl methyl sites for hydroxylation is 1. The SMILES string of the molecule is Cc1cc(NC(=O)CN2CCC[C@H]2c2cccs2)ccc1Br. The first-order chi connectivity index (χ1) is 10.6. The molecule has 1 fully saturated rings. The van der Waals surface area contributed by atoms with Gasteiger partial charge >= 0.3 is 0 Å². The zero-order valence-corrected chi connectivity index (χ0v) is 14.9. The van der Waals surface area contributed by atoms with Crippen LogP contribution in [0.3, 0.4) is 0 Å². The van der Waals surface area contributed by atoms with E-state index in [1.807, 2.05) is 25.1 Å². The van der Waals surface area contributed by atoms with E-state index in [1.165, 1.54) is 4.88 Å². The lowest BCUT2D eigenvalue weighted by Gasteiger charge is -2.23. The zero-order valence-electron chi connectivity index (χ0n) is 12.5. The van der Waals surface area contributed by atoms with Gasteiger partial charge in [-0.2, -0.15) is 0 Å². The highest BCUT2D eigenvalue weighted by Crippen LogP contribution is 2.34. The Morgan fingerprint density at radius 3 is 3.05 bits per heavy atom. The molecule has 1 aromatic carbocycles. The summed E-state index contributed by atoms with van der Waals surface area (Å²) in [6.07, 6.45) is 2.30. The average molecular weight is 379 g/mol. The van der Waals surface area contributed by atoms with Crippen molar-refractivity contribution in [2.75, 3.05) is 18.4 Å². The van der Waals surface area contributed by atoms with E-state index in [9.17, 15) is 4.79 Å². The van der Waals surface area contributed by atoms with Gasteiger partial charge in [-0.1, -0.05) is 22.0 Å². The summed E-state index contributed by atoms with van der Waals surface area (Å²) in [5.41, 5.74) is 1.98. The van der Waals surface area contributed by atoms with E-state index < -0.39 is 0 Å². The van der Waals surface area contributed by atoms with Crippen molar-refractivity contribution in [2.45, 2.75) is 25.8 Å². The lowest BCUT2D eigenvalue weighted by atomic mass is 10.2. The van der Waals surface area contributed by atoms with Crippen LogP contribution in [-0.4, -0.2) is 23.9 Å². The molecule has 1 aliphatic heterocycles. The number of nitrogens with zero attached hydrogens (tertiary/aromatic N) is 1. The van der Waals surface area contributed by atoms with E-state index in [1.54, 1.807) is 11.3 Å². The van der Waals surface area contributed by atoms with Gasteiger partial charge in [0.2, 0.25) is 5.91 Å². The molecule has 1 aromatic heterocycles. The van der Waals surface area contributed by atoms with Crippen LogP contribution in [0.1, 0.15) is 29.3 Å². The molecule has 1 saturated heterocycles. The van der Waals surface area contributed by atoms with Gasteiger partial charge in [-0.05, 0) is 61.5 Å². The van der Waals surface area contributed by atoms with Crippen molar-refractivity contribution < 1.29 is 4.79 Å². The fourth-order valence-electron chi connectivity index (χ4n) is 2.93. The third kappa shape index (κ3) is 3.59. The number of hydrogen-bond donors (Lipinski definition) is 1. The first-order valence-electron chi connectivity index (χ1n) is 7.47. The third-order valence-corrected chi connectivity index (χ3v) is 5.89. The van der Waals surface area contributed by atoms with Gasteiger partial charge in [0.25, 0.3) is 0 Å². The van der Waals surface area contributed by atoms with Crippen LogP contribution < -0.4 is 5.32 Å². The summed E-state index contributed by atoms with van der Waals surface area (Å²) < 4.78 is 1.06. The number of anilines is 1. The molecule has 0 bridgehead atoms. The van der Waals surface area contributed by atoms with E-state index in [4.69, 9.17) is 0 Å². The van der Waals surface area contributed by atoms with Crippen molar-refractivity contribution in [3.8, 4) is 0 Å². The summed E-state index contributed by atoms with van der Waals surface area (Å²) in [6, 6.07) is 10.5. The maximum atomic E-state index is 12.3. The monoisotopic (exact) mass is 378 g/mol. The number of thiophene rings is 1. The van der Waals surface area contributed by atoms with Crippen LogP contribution in [0.2, 0.25) is 0 Å². The van der Waals surface area contributed by atoms with Crippen molar-refractivity contribution in [3.63, 3.8) is 0 Å². The molecule has 1 amide bonds. The molecule has 0 saturated carbocycles. The molecule has 0 aliphatic carbocycles. The predicted molar refractivity (Wildman–Crippen MR) is 95.4 cm³/mol. The number of nitrogens with one attached hydrogen (secondary N) is 1. The van der Waals surface area contributed by atoms with Crippen LogP contribution in [0, 0.1) is 6.92 Å². The molecule has 1 atom stereocenters. The highest BCUT2D eigenvalue weighted by atomic mass is 79.9. The predicted octanol–water partition coefficient (Wildman–Crippen LogP) is 4.59. The van der Waals surface area contributed by atoms with Crippen LogP contribution in [0.15, 0.2) is 40.2 Å². The lowest BCUT2D eigenvalue weighted by Crippen LogP contribution is -2.32. The van der Waals surface area contributed by atoms with Gasteiger partial charge in [0.15, 0.2) is 0 Å². The Labute approximate surface area is 143 Å². The Hall–Kier alpha value is -1.17. The maximum absolute atomic E-state index is 12.3. The summed E-state index contributed by atoms with van der Waals surface area (Å²) in [4.78, 5) is 16.0. The summed E-state index contributed by atoms with van der Waals surface area (Å²) >= 11 is 5.26. The van der Waals surface area contributed by atoms with E-state index in [0.29, 0.717) is 12.6 Å². The van der Waals surface area contributed by atoms with Crippen molar-refractivity contribution in [1.29, 1.82) is 0 Å². The van der Waals surface area contributed by atoms with Gasteiger partial charge in [0.1, 0.15) is 0 Å². The van der Waals surface area contributed by atoms with E-state index >= 15 is 0 Å². The number of carbonyl (C=O) groups excluding carboxylic acids is 1. The fraction of sp³-hybridized carbons (Fsp3) is 0.353. The molecule has 2 heterocycles. The van der Waals surface area contributed by atoms with E-state index in [0.717, 1.165) is 35.1 Å². The number of rotatable bonds is 4. The van der Waals surface area contributed by atoms with Crippen LogP contribution in [0.25, 0.3) is 0 Å². The van der Waals surface area contributed by atoms with Crippen molar-refractivity contribution in [2.24, 2.45) is 0 Å². The fourth-order valence-corrected chi connectivity index (χ4v) is 4.07. The first-order valence-corrected chi connectivity index (χ1v) is 9.14.